The molecule has 0 bridgehead atoms. The first kappa shape index (κ1) is 13.8. The minimum atomic E-state index is -1.15. The van der Waals surface area contributed by atoms with Gasteiger partial charge < -0.3 is 10.8 Å². The van der Waals surface area contributed by atoms with Gasteiger partial charge in [-0.15, -0.1) is 11.3 Å². The Labute approximate surface area is 117 Å². The first-order chi connectivity index (χ1) is 9.51. The van der Waals surface area contributed by atoms with Crippen LogP contribution in [0.3, 0.4) is 0 Å². The summed E-state index contributed by atoms with van der Waals surface area (Å²) in [6, 6.07) is 7.30. The molecule has 6 nitrogen and oxygen atoms in total. The van der Waals surface area contributed by atoms with Crippen LogP contribution in [0, 0.1) is 0 Å². The molecule has 0 aliphatic heterocycles. The third-order valence-electron chi connectivity index (χ3n) is 2.53. The molecule has 0 spiro atoms. The van der Waals surface area contributed by atoms with Gasteiger partial charge in [0, 0.05) is 10.4 Å². The number of nitrogens with two attached hydrogens (primary N) is 1. The van der Waals surface area contributed by atoms with E-state index < -0.39 is 12.0 Å². The molecule has 2 amide bonds. The van der Waals surface area contributed by atoms with Gasteiger partial charge in [-0.25, -0.2) is 9.59 Å². The molecular weight excluding hydrogens is 280 g/mol. The molecule has 0 unspecified atom stereocenters. The second-order valence-electron chi connectivity index (χ2n) is 3.89. The third kappa shape index (κ3) is 2.83. The molecule has 7 heteroatoms. The van der Waals surface area contributed by atoms with E-state index in [1.807, 2.05) is 0 Å². The number of carboxylic acid groups (broad SMARTS) is 1. The molecule has 102 valence electrons. The van der Waals surface area contributed by atoms with Gasteiger partial charge >= 0.3 is 12.0 Å². The van der Waals surface area contributed by atoms with E-state index in [-0.39, 0.29) is 10.6 Å². The molecule has 2 aromatic rings. The van der Waals surface area contributed by atoms with Crippen LogP contribution in [0.4, 0.5) is 9.80 Å². The number of primary amides is 1. The summed E-state index contributed by atoms with van der Waals surface area (Å²) in [7, 11) is 0. The average Bonchev–Trinajstić information content (AvgIpc) is 2.82. The molecule has 2 rings (SSSR count). The van der Waals surface area contributed by atoms with Crippen molar-refractivity contribution in [3.05, 3.63) is 41.5 Å². The summed E-state index contributed by atoms with van der Waals surface area (Å²) in [5.41, 5.74) is 6.26. The molecule has 0 fully saturated rings. The predicted molar refractivity (Wildman–Crippen MR) is 75.3 cm³/mol. The number of benzene rings is 1. The Kier molecular flexibility index (Phi) is 3.81. The lowest BCUT2D eigenvalue weighted by Crippen LogP contribution is -2.19. The summed E-state index contributed by atoms with van der Waals surface area (Å²) < 4.78 is 0. The Balaban J connectivity index is 2.43. The van der Waals surface area contributed by atoms with Gasteiger partial charge in [0.1, 0.15) is 11.3 Å². The molecule has 0 atom stereocenters. The summed E-state index contributed by atoms with van der Waals surface area (Å²) in [5.74, 6) is -1.15. The van der Waals surface area contributed by atoms with Gasteiger partial charge in [-0.05, 0) is 11.6 Å². The van der Waals surface area contributed by atoms with Gasteiger partial charge in [-0.3, -0.25) is 10.1 Å². The van der Waals surface area contributed by atoms with Crippen molar-refractivity contribution in [2.24, 2.45) is 5.73 Å². The van der Waals surface area contributed by atoms with Crippen molar-refractivity contribution in [2.75, 3.05) is 5.32 Å². The van der Waals surface area contributed by atoms with Gasteiger partial charge in [0.25, 0.3) is 0 Å². The van der Waals surface area contributed by atoms with E-state index in [0.29, 0.717) is 10.4 Å². The highest BCUT2D eigenvalue weighted by Gasteiger charge is 2.17. The molecule has 0 aliphatic rings. The number of nitrogens with one attached hydrogen (secondary N) is 1. The van der Waals surface area contributed by atoms with E-state index in [0.717, 1.165) is 23.2 Å². The summed E-state index contributed by atoms with van der Waals surface area (Å²) in [4.78, 5) is 33.2. The highest BCUT2D eigenvalue weighted by atomic mass is 32.1. The largest absolute Gasteiger partial charge is 0.478 e. The normalized spacial score (nSPS) is 10.0. The second-order valence-corrected chi connectivity index (χ2v) is 4.94. The van der Waals surface area contributed by atoms with E-state index in [4.69, 9.17) is 10.8 Å². The molecule has 1 heterocycles. The number of urea groups is 1. The van der Waals surface area contributed by atoms with Crippen LogP contribution in [0.1, 0.15) is 20.7 Å². The van der Waals surface area contributed by atoms with Crippen molar-refractivity contribution < 1.29 is 19.5 Å². The Morgan fingerprint density at radius 1 is 1.25 bits per heavy atom. The zero-order chi connectivity index (χ0) is 14.7. The van der Waals surface area contributed by atoms with Gasteiger partial charge in [-0.1, -0.05) is 24.3 Å². The van der Waals surface area contributed by atoms with E-state index in [1.54, 1.807) is 24.3 Å². The van der Waals surface area contributed by atoms with Crippen molar-refractivity contribution in [3.8, 4) is 10.4 Å². The molecule has 4 N–H and O–H groups in total. The fourth-order valence-electron chi connectivity index (χ4n) is 1.62. The quantitative estimate of drug-likeness (QED) is 0.751. The lowest BCUT2D eigenvalue weighted by molar-refractivity contribution is 0.0698. The number of hydrogen-bond donors (Lipinski definition) is 3. The number of carbonyl (C=O) groups excluding carboxylic acids is 2. The zero-order valence-electron chi connectivity index (χ0n) is 10.1. The maximum absolute atomic E-state index is 11.1. The molecule has 1 aromatic carbocycles. The van der Waals surface area contributed by atoms with Crippen LogP contribution < -0.4 is 11.1 Å². The number of aldehydes is 1. The fraction of sp³-hybridized carbons (Fsp3) is 0. The number of aromatic carboxylic acids is 1. The summed E-state index contributed by atoms with van der Waals surface area (Å²) in [6.07, 6.45) is 0.723. The number of rotatable bonds is 4. The summed E-state index contributed by atoms with van der Waals surface area (Å²) >= 11 is 1.10. The van der Waals surface area contributed by atoms with Crippen LogP contribution in [0.5, 0.6) is 0 Å². The molecule has 0 saturated heterocycles. The highest BCUT2D eigenvalue weighted by Crippen LogP contribution is 2.35. The highest BCUT2D eigenvalue weighted by molar-refractivity contribution is 7.20. The third-order valence-corrected chi connectivity index (χ3v) is 3.63. The smallest absolute Gasteiger partial charge is 0.338 e. The minimum Gasteiger partial charge on any atom is -0.478 e. The van der Waals surface area contributed by atoms with Gasteiger partial charge in [0.05, 0.1) is 5.56 Å². The Morgan fingerprint density at radius 3 is 2.40 bits per heavy atom. The zero-order valence-corrected chi connectivity index (χ0v) is 10.9. The minimum absolute atomic E-state index is 0.0248. The molecule has 20 heavy (non-hydrogen) atoms. The van der Waals surface area contributed by atoms with Crippen LogP contribution in [0.15, 0.2) is 30.3 Å². The van der Waals surface area contributed by atoms with Gasteiger partial charge in [0.15, 0.2) is 0 Å². The van der Waals surface area contributed by atoms with Crippen molar-refractivity contribution in [1.82, 2.24) is 0 Å². The second kappa shape index (κ2) is 5.54. The Morgan fingerprint density at radius 2 is 1.90 bits per heavy atom. The first-order valence-electron chi connectivity index (χ1n) is 5.50. The van der Waals surface area contributed by atoms with Crippen molar-refractivity contribution in [1.29, 1.82) is 0 Å². The number of carbonyl (C=O) groups is 3. The lowest BCUT2D eigenvalue weighted by Gasteiger charge is -1.98. The summed E-state index contributed by atoms with van der Waals surface area (Å²) in [6.45, 7) is 0. The Bertz CT molecular complexity index is 676. The molecule has 0 saturated carbocycles. The predicted octanol–water partition coefficient (Wildman–Crippen LogP) is 2.42. The Hall–Kier alpha value is -2.67. The van der Waals surface area contributed by atoms with Crippen LogP contribution in [-0.4, -0.2) is 23.4 Å². The lowest BCUT2D eigenvalue weighted by atomic mass is 10.1. The van der Waals surface area contributed by atoms with Crippen molar-refractivity contribution >= 4 is 34.6 Å². The van der Waals surface area contributed by atoms with E-state index in [9.17, 15) is 14.4 Å². The van der Waals surface area contributed by atoms with E-state index in [2.05, 4.69) is 5.32 Å². The maximum Gasteiger partial charge on any atom is 0.338 e. The van der Waals surface area contributed by atoms with Crippen LogP contribution in [0.2, 0.25) is 0 Å². The fourth-order valence-corrected chi connectivity index (χ4v) is 2.68. The molecule has 0 radical (unpaired) electrons. The number of anilines is 1. The van der Waals surface area contributed by atoms with Gasteiger partial charge in [-0.2, -0.15) is 0 Å². The topological polar surface area (TPSA) is 109 Å². The molecular formula is C13H10N2O4S. The van der Waals surface area contributed by atoms with Crippen LogP contribution >= 0.6 is 11.3 Å². The summed E-state index contributed by atoms with van der Waals surface area (Å²) in [5, 5.41) is 11.6. The molecule has 0 aliphatic carbocycles. The van der Waals surface area contributed by atoms with E-state index >= 15 is 0 Å². The number of carboxylic acids is 1. The number of hydrogen-bond acceptors (Lipinski definition) is 4. The van der Waals surface area contributed by atoms with Crippen LogP contribution in [-0.2, 0) is 0 Å². The SMILES string of the molecule is NC(=O)Nc1sc(-c2ccc(C=O)cc2)cc1C(=O)O. The maximum atomic E-state index is 11.1. The van der Waals surface area contributed by atoms with Crippen molar-refractivity contribution in [2.45, 2.75) is 0 Å². The monoisotopic (exact) mass is 290 g/mol. The van der Waals surface area contributed by atoms with Gasteiger partial charge in [0.2, 0.25) is 0 Å². The first-order valence-corrected chi connectivity index (χ1v) is 6.32. The van der Waals surface area contributed by atoms with Crippen LogP contribution in [0.25, 0.3) is 10.4 Å². The average molecular weight is 290 g/mol. The van der Waals surface area contributed by atoms with Crippen molar-refractivity contribution in [3.63, 3.8) is 0 Å². The standard InChI is InChI=1S/C13H10N2O4S/c14-13(19)15-11-9(12(17)18)5-10(20-11)8-3-1-7(6-16)2-4-8/h1-6H,(H,17,18)(H3,14,15,19). The number of amides is 2. The molecule has 1 aromatic heterocycles. The number of thiophene rings is 1. The van der Waals surface area contributed by atoms with E-state index in [1.165, 1.54) is 6.07 Å².